The van der Waals surface area contributed by atoms with E-state index in [1.165, 1.54) is 231 Å². The van der Waals surface area contributed by atoms with Gasteiger partial charge in [-0.1, -0.05) is 283 Å². The summed E-state index contributed by atoms with van der Waals surface area (Å²) in [5.41, 5.74) is 0. The highest BCUT2D eigenvalue weighted by Gasteiger charge is 2.18. The van der Waals surface area contributed by atoms with Gasteiger partial charge in [-0.2, -0.15) is 0 Å². The molecular weight excluding hydrogens is 779 g/mol. The van der Waals surface area contributed by atoms with Gasteiger partial charge in [0.25, 0.3) is 0 Å². The van der Waals surface area contributed by atoms with Gasteiger partial charge in [0.05, 0.1) is 25.4 Å². The molecular formula is C57H111NO5. The van der Waals surface area contributed by atoms with Gasteiger partial charge in [0.15, 0.2) is 0 Å². The van der Waals surface area contributed by atoms with Crippen LogP contribution in [0.3, 0.4) is 0 Å². The number of esters is 1. The molecule has 0 spiro atoms. The quantitative estimate of drug-likeness (QED) is 0.0321. The summed E-state index contributed by atoms with van der Waals surface area (Å²) in [7, 11) is 0. The first kappa shape index (κ1) is 61.6. The first-order valence-corrected chi connectivity index (χ1v) is 28.5. The van der Waals surface area contributed by atoms with Crippen molar-refractivity contribution in [1.29, 1.82) is 0 Å². The van der Waals surface area contributed by atoms with Gasteiger partial charge < -0.3 is 20.3 Å². The lowest BCUT2D eigenvalue weighted by molar-refractivity contribution is -0.143. The zero-order chi connectivity index (χ0) is 45.8. The van der Waals surface area contributed by atoms with E-state index in [2.05, 4.69) is 19.2 Å². The fraction of sp³-hybridized carbons (Fsp3) is 0.930. The third-order valence-corrected chi connectivity index (χ3v) is 13.3. The van der Waals surface area contributed by atoms with Crippen LogP contribution in [0.15, 0.2) is 12.2 Å². The number of allylic oxidation sites excluding steroid dienone is 1. The number of carbonyl (C=O) groups excluding carboxylic acids is 2. The molecule has 3 N–H and O–H groups in total. The predicted molar refractivity (Wildman–Crippen MR) is 273 cm³/mol. The number of ether oxygens (including phenoxy) is 1. The minimum Gasteiger partial charge on any atom is -0.466 e. The third kappa shape index (κ3) is 49.9. The topological polar surface area (TPSA) is 95.9 Å². The standard InChI is InChI=1S/C57H111NO5/c1-3-5-7-9-11-13-15-17-18-19-20-21-22-26-29-33-37-41-45-49-55(60)54(53-59)58-56(61)50-46-42-38-34-30-27-23-24-28-32-36-40-44-48-52-63-57(62)51-47-43-39-35-31-25-16-14-12-10-8-6-4-2/h45,49,54-55,59-60H,3-44,46-48,50-53H2,1-2H3,(H,58,61)/b49-45+. The highest BCUT2D eigenvalue weighted by Crippen LogP contribution is 2.17. The van der Waals surface area contributed by atoms with Crippen molar-refractivity contribution in [1.82, 2.24) is 5.32 Å². The summed E-state index contributed by atoms with van der Waals surface area (Å²) in [5.74, 6) is -0.0767. The minimum atomic E-state index is -0.851. The number of carbonyl (C=O) groups is 2. The normalized spacial score (nSPS) is 12.6. The summed E-state index contributed by atoms with van der Waals surface area (Å²) >= 11 is 0. The molecule has 0 aliphatic carbocycles. The van der Waals surface area contributed by atoms with Crippen molar-refractivity contribution in [3.05, 3.63) is 12.2 Å². The number of unbranched alkanes of at least 4 members (excludes halogenated alkanes) is 42. The molecule has 6 heteroatoms. The number of aliphatic hydroxyl groups excluding tert-OH is 2. The van der Waals surface area contributed by atoms with E-state index >= 15 is 0 Å². The van der Waals surface area contributed by atoms with Gasteiger partial charge in [0, 0.05) is 12.8 Å². The van der Waals surface area contributed by atoms with E-state index in [9.17, 15) is 19.8 Å². The van der Waals surface area contributed by atoms with Crippen LogP contribution in [-0.4, -0.2) is 47.4 Å². The van der Waals surface area contributed by atoms with Crippen molar-refractivity contribution in [3.63, 3.8) is 0 Å². The van der Waals surface area contributed by atoms with Crippen LogP contribution in [-0.2, 0) is 14.3 Å². The van der Waals surface area contributed by atoms with Crippen LogP contribution in [0.5, 0.6) is 0 Å². The number of rotatable bonds is 53. The number of aliphatic hydroxyl groups is 2. The van der Waals surface area contributed by atoms with Crippen LogP contribution in [0, 0.1) is 0 Å². The van der Waals surface area contributed by atoms with Crippen LogP contribution in [0.2, 0.25) is 0 Å². The van der Waals surface area contributed by atoms with Crippen molar-refractivity contribution >= 4 is 11.9 Å². The zero-order valence-electron chi connectivity index (χ0n) is 42.6. The molecule has 0 radical (unpaired) electrons. The molecule has 0 saturated carbocycles. The molecule has 63 heavy (non-hydrogen) atoms. The summed E-state index contributed by atoms with van der Waals surface area (Å²) in [6.07, 6.45) is 62.2. The fourth-order valence-corrected chi connectivity index (χ4v) is 8.93. The van der Waals surface area contributed by atoms with Gasteiger partial charge in [-0.15, -0.1) is 0 Å². The largest absolute Gasteiger partial charge is 0.466 e. The van der Waals surface area contributed by atoms with Gasteiger partial charge in [-0.05, 0) is 32.1 Å². The van der Waals surface area contributed by atoms with E-state index in [1.807, 2.05) is 6.08 Å². The van der Waals surface area contributed by atoms with Crippen LogP contribution in [0.1, 0.15) is 316 Å². The van der Waals surface area contributed by atoms with Gasteiger partial charge in [0.1, 0.15) is 0 Å². The molecule has 0 fully saturated rings. The Morgan fingerprint density at radius 3 is 1.08 bits per heavy atom. The summed E-state index contributed by atoms with van der Waals surface area (Å²) in [4.78, 5) is 24.5. The predicted octanol–water partition coefficient (Wildman–Crippen LogP) is 17.3. The third-order valence-electron chi connectivity index (χ3n) is 13.3. The first-order valence-electron chi connectivity index (χ1n) is 28.5. The lowest BCUT2D eigenvalue weighted by Crippen LogP contribution is -2.45. The van der Waals surface area contributed by atoms with E-state index in [0.29, 0.717) is 19.4 Å². The Bertz CT molecular complexity index is 939. The van der Waals surface area contributed by atoms with Crippen molar-refractivity contribution in [2.75, 3.05) is 13.2 Å². The molecule has 0 aliphatic heterocycles. The first-order chi connectivity index (χ1) is 31.0. The van der Waals surface area contributed by atoms with E-state index in [-0.39, 0.29) is 18.5 Å². The Kier molecular flexibility index (Phi) is 52.0. The second-order valence-corrected chi connectivity index (χ2v) is 19.6. The molecule has 0 heterocycles. The molecule has 0 bridgehead atoms. The molecule has 1 amide bonds. The molecule has 6 nitrogen and oxygen atoms in total. The lowest BCUT2D eigenvalue weighted by Gasteiger charge is -2.20. The molecule has 0 aromatic rings. The maximum atomic E-state index is 12.5. The van der Waals surface area contributed by atoms with Crippen molar-refractivity contribution in [2.24, 2.45) is 0 Å². The van der Waals surface area contributed by atoms with E-state index in [1.54, 1.807) is 6.08 Å². The molecule has 0 aliphatic rings. The summed E-state index contributed by atoms with van der Waals surface area (Å²) in [6, 6.07) is -0.635. The smallest absolute Gasteiger partial charge is 0.305 e. The summed E-state index contributed by atoms with van der Waals surface area (Å²) in [5, 5.41) is 23.1. The zero-order valence-corrected chi connectivity index (χ0v) is 42.6. The average Bonchev–Trinajstić information content (AvgIpc) is 3.28. The van der Waals surface area contributed by atoms with Crippen LogP contribution < -0.4 is 5.32 Å². The number of hydrogen-bond acceptors (Lipinski definition) is 5. The van der Waals surface area contributed by atoms with E-state index in [0.717, 1.165) is 57.8 Å². The molecule has 2 unspecified atom stereocenters. The fourth-order valence-electron chi connectivity index (χ4n) is 8.93. The van der Waals surface area contributed by atoms with Crippen LogP contribution in [0.25, 0.3) is 0 Å². The molecule has 0 saturated heterocycles. The Labute approximate surface area is 393 Å². The van der Waals surface area contributed by atoms with Crippen molar-refractivity contribution < 1.29 is 24.5 Å². The lowest BCUT2D eigenvalue weighted by atomic mass is 10.0. The summed E-state index contributed by atoms with van der Waals surface area (Å²) < 4.78 is 5.47. The molecule has 2 atom stereocenters. The maximum absolute atomic E-state index is 12.5. The Balaban J connectivity index is 3.47. The van der Waals surface area contributed by atoms with Crippen molar-refractivity contribution in [3.8, 4) is 0 Å². The van der Waals surface area contributed by atoms with Crippen LogP contribution in [0.4, 0.5) is 0 Å². The SMILES string of the molecule is CCCCCCCCCCCCCCCCCCC/C=C/C(O)C(CO)NC(=O)CCCCCCCCCCCCCCCCOC(=O)CCCCCCCCCCCCCCC. The average molecular weight is 891 g/mol. The molecule has 0 aromatic carbocycles. The summed E-state index contributed by atoms with van der Waals surface area (Å²) in [6.45, 7) is 4.90. The number of hydrogen-bond donors (Lipinski definition) is 3. The van der Waals surface area contributed by atoms with Gasteiger partial charge in [-0.3, -0.25) is 9.59 Å². The highest BCUT2D eigenvalue weighted by atomic mass is 16.5. The Hall–Kier alpha value is -1.40. The Morgan fingerprint density at radius 1 is 0.429 bits per heavy atom. The minimum absolute atomic E-state index is 0.00127. The van der Waals surface area contributed by atoms with Gasteiger partial charge in [0.2, 0.25) is 5.91 Å². The number of amides is 1. The van der Waals surface area contributed by atoms with Gasteiger partial charge >= 0.3 is 5.97 Å². The second kappa shape index (κ2) is 53.2. The van der Waals surface area contributed by atoms with Crippen LogP contribution >= 0.6 is 0 Å². The molecule has 0 aromatic heterocycles. The maximum Gasteiger partial charge on any atom is 0.305 e. The highest BCUT2D eigenvalue weighted by molar-refractivity contribution is 5.76. The number of nitrogens with one attached hydrogen (secondary N) is 1. The van der Waals surface area contributed by atoms with Gasteiger partial charge in [-0.25, -0.2) is 0 Å². The van der Waals surface area contributed by atoms with Crippen molar-refractivity contribution in [2.45, 2.75) is 328 Å². The second-order valence-electron chi connectivity index (χ2n) is 19.6. The molecule has 0 rings (SSSR count). The molecule has 374 valence electrons. The van der Waals surface area contributed by atoms with E-state index in [4.69, 9.17) is 4.74 Å². The monoisotopic (exact) mass is 890 g/mol. The van der Waals surface area contributed by atoms with E-state index < -0.39 is 12.1 Å². The Morgan fingerprint density at radius 2 is 0.730 bits per heavy atom.